The highest BCUT2D eigenvalue weighted by atomic mass is 16.2. The molecule has 7 heteroatoms. The second kappa shape index (κ2) is 8.05. The first-order valence-corrected chi connectivity index (χ1v) is 9.83. The van der Waals surface area contributed by atoms with Gasteiger partial charge in [-0.25, -0.2) is 5.01 Å². The molecule has 0 bridgehead atoms. The third-order valence-corrected chi connectivity index (χ3v) is 5.51. The van der Waals surface area contributed by atoms with E-state index in [9.17, 15) is 14.4 Å². The Hall–Kier alpha value is -3.19. The lowest BCUT2D eigenvalue weighted by atomic mass is 9.86. The van der Waals surface area contributed by atoms with Gasteiger partial charge < -0.3 is 4.98 Å². The lowest BCUT2D eigenvalue weighted by molar-refractivity contribution is -0.120. The summed E-state index contributed by atoms with van der Waals surface area (Å²) in [7, 11) is 0. The highest BCUT2D eigenvalue weighted by Gasteiger charge is 2.50. The predicted molar refractivity (Wildman–Crippen MR) is 110 cm³/mol. The molecule has 7 nitrogen and oxygen atoms in total. The number of carbonyl (C=O) groups is 2. The molecular formula is C22H24N4O3. The number of carbonyl (C=O) groups excluding carboxylic acids is 2. The van der Waals surface area contributed by atoms with Gasteiger partial charge >= 0.3 is 0 Å². The molecule has 2 aromatic rings. The van der Waals surface area contributed by atoms with Crippen LogP contribution >= 0.6 is 0 Å². The van der Waals surface area contributed by atoms with Gasteiger partial charge in [0.25, 0.3) is 5.91 Å². The van der Waals surface area contributed by atoms with E-state index in [-0.39, 0.29) is 29.5 Å². The van der Waals surface area contributed by atoms with Gasteiger partial charge in [0.2, 0.25) is 11.5 Å². The number of amides is 2. The molecule has 2 aliphatic heterocycles. The third kappa shape index (κ3) is 4.14. The number of hydrazine groups is 1. The standard InChI is InChI=1S/C22H24N4O3/c27-19-11-4-10-18(23-19)21(29)26-22(15-20(28)24-26)12-6-14-25(16-22)13-5-9-17-7-2-1-3-8-17/h1-5,7-11H,6,12-16H2,(H,23,27)(H,24,28)/b9-5+. The van der Waals surface area contributed by atoms with Gasteiger partial charge in [-0.15, -0.1) is 0 Å². The summed E-state index contributed by atoms with van der Waals surface area (Å²) in [5, 5.41) is 1.44. The van der Waals surface area contributed by atoms with Crippen molar-refractivity contribution in [2.75, 3.05) is 19.6 Å². The molecule has 1 unspecified atom stereocenters. The van der Waals surface area contributed by atoms with E-state index in [4.69, 9.17) is 0 Å². The quantitative estimate of drug-likeness (QED) is 0.831. The van der Waals surface area contributed by atoms with Crippen LogP contribution < -0.4 is 11.0 Å². The van der Waals surface area contributed by atoms with Crippen LogP contribution in [0.15, 0.2) is 59.4 Å². The van der Waals surface area contributed by atoms with E-state index in [2.05, 4.69) is 39.6 Å². The number of nitrogens with zero attached hydrogens (tertiary/aromatic N) is 2. The second-order valence-electron chi connectivity index (χ2n) is 7.66. The first-order valence-electron chi connectivity index (χ1n) is 9.83. The van der Waals surface area contributed by atoms with Crippen LogP contribution in [0.4, 0.5) is 0 Å². The van der Waals surface area contributed by atoms with Gasteiger partial charge in [-0.1, -0.05) is 48.6 Å². The maximum atomic E-state index is 13.0. The summed E-state index contributed by atoms with van der Waals surface area (Å²) < 4.78 is 0. The molecule has 1 spiro atoms. The summed E-state index contributed by atoms with van der Waals surface area (Å²) in [6, 6.07) is 14.6. The van der Waals surface area contributed by atoms with Crippen LogP contribution in [0.2, 0.25) is 0 Å². The van der Waals surface area contributed by atoms with Crippen LogP contribution in [0, 0.1) is 0 Å². The molecule has 1 aromatic heterocycles. The van der Waals surface area contributed by atoms with Crippen molar-refractivity contribution in [3.05, 3.63) is 76.2 Å². The van der Waals surface area contributed by atoms with E-state index >= 15 is 0 Å². The average molecular weight is 392 g/mol. The van der Waals surface area contributed by atoms with E-state index in [1.807, 2.05) is 18.2 Å². The van der Waals surface area contributed by atoms with Crippen molar-refractivity contribution in [2.24, 2.45) is 0 Å². The predicted octanol–water partition coefficient (Wildman–Crippen LogP) is 1.80. The van der Waals surface area contributed by atoms with Crippen LogP contribution in [0.1, 0.15) is 35.3 Å². The number of benzene rings is 1. The second-order valence-corrected chi connectivity index (χ2v) is 7.66. The Morgan fingerprint density at radius 1 is 1.10 bits per heavy atom. The number of rotatable bonds is 4. The van der Waals surface area contributed by atoms with E-state index in [0.29, 0.717) is 6.54 Å². The molecule has 0 aliphatic carbocycles. The molecule has 4 rings (SSSR count). The number of likely N-dealkylation sites (tertiary alicyclic amines) is 1. The Morgan fingerprint density at radius 3 is 2.72 bits per heavy atom. The van der Waals surface area contributed by atoms with Crippen LogP contribution in [0.5, 0.6) is 0 Å². The Bertz CT molecular complexity index is 985. The average Bonchev–Trinajstić information content (AvgIpc) is 3.03. The number of H-pyrrole nitrogens is 1. The van der Waals surface area contributed by atoms with E-state index in [1.165, 1.54) is 17.1 Å². The number of piperidine rings is 1. The molecule has 0 radical (unpaired) electrons. The van der Waals surface area contributed by atoms with Crippen LogP contribution in [-0.4, -0.2) is 51.9 Å². The topological polar surface area (TPSA) is 85.5 Å². The fraction of sp³-hybridized carbons (Fsp3) is 0.318. The lowest BCUT2D eigenvalue weighted by Crippen LogP contribution is -2.59. The van der Waals surface area contributed by atoms with Crippen molar-refractivity contribution in [1.82, 2.24) is 20.3 Å². The largest absolute Gasteiger partial charge is 0.318 e. The van der Waals surface area contributed by atoms with E-state index in [1.54, 1.807) is 6.07 Å². The number of nitrogens with one attached hydrogen (secondary N) is 2. The minimum absolute atomic E-state index is 0.168. The summed E-state index contributed by atoms with van der Waals surface area (Å²) >= 11 is 0. The molecule has 1 aromatic carbocycles. The molecule has 150 valence electrons. The smallest absolute Gasteiger partial charge is 0.289 e. The maximum Gasteiger partial charge on any atom is 0.289 e. The number of hydrogen-bond acceptors (Lipinski definition) is 4. The normalized spacial score (nSPS) is 22.3. The summed E-state index contributed by atoms with van der Waals surface area (Å²) in [5.74, 6) is -0.548. The van der Waals surface area contributed by atoms with Crippen LogP contribution in [0.25, 0.3) is 6.08 Å². The maximum absolute atomic E-state index is 13.0. The monoisotopic (exact) mass is 392 g/mol. The van der Waals surface area contributed by atoms with Crippen LogP contribution in [0.3, 0.4) is 0 Å². The van der Waals surface area contributed by atoms with E-state index in [0.717, 1.165) is 31.5 Å². The van der Waals surface area contributed by atoms with Crippen molar-refractivity contribution in [2.45, 2.75) is 24.8 Å². The fourth-order valence-electron chi connectivity index (χ4n) is 4.21. The molecule has 1 atom stereocenters. The lowest BCUT2D eigenvalue weighted by Gasteiger charge is -2.44. The minimum Gasteiger partial charge on any atom is -0.318 e. The molecule has 2 fully saturated rings. The molecule has 0 saturated carbocycles. The van der Waals surface area contributed by atoms with Crippen molar-refractivity contribution >= 4 is 17.9 Å². The van der Waals surface area contributed by atoms with Gasteiger partial charge in [0, 0.05) is 19.2 Å². The zero-order valence-electron chi connectivity index (χ0n) is 16.1. The van der Waals surface area contributed by atoms with Crippen LogP contribution in [-0.2, 0) is 4.79 Å². The van der Waals surface area contributed by atoms with Gasteiger partial charge in [-0.2, -0.15) is 0 Å². The summed E-state index contributed by atoms with van der Waals surface area (Å²) in [4.78, 5) is 41.7. The number of pyridine rings is 1. The SMILES string of the molecule is O=C1CC2(CCCN(C/C=C/c3ccccc3)C2)N(C(=O)c2cccc(=O)[nH]2)N1. The summed E-state index contributed by atoms with van der Waals surface area (Å²) in [5.41, 5.74) is 3.10. The summed E-state index contributed by atoms with van der Waals surface area (Å²) in [6.45, 7) is 2.27. The minimum atomic E-state index is -0.597. The van der Waals surface area contributed by atoms with Crippen molar-refractivity contribution in [3.8, 4) is 0 Å². The van der Waals surface area contributed by atoms with E-state index < -0.39 is 5.54 Å². The Morgan fingerprint density at radius 2 is 1.93 bits per heavy atom. The highest BCUT2D eigenvalue weighted by Crippen LogP contribution is 2.34. The molecule has 2 saturated heterocycles. The number of aromatic nitrogens is 1. The highest BCUT2D eigenvalue weighted by molar-refractivity contribution is 5.96. The third-order valence-electron chi connectivity index (χ3n) is 5.51. The first kappa shape index (κ1) is 19.1. The zero-order valence-corrected chi connectivity index (χ0v) is 16.1. The van der Waals surface area contributed by atoms with Crippen molar-refractivity contribution < 1.29 is 9.59 Å². The van der Waals surface area contributed by atoms with Crippen molar-refractivity contribution in [1.29, 1.82) is 0 Å². The Labute approximate surface area is 169 Å². The van der Waals surface area contributed by atoms with Gasteiger partial charge in [0.1, 0.15) is 5.69 Å². The van der Waals surface area contributed by atoms with Crippen molar-refractivity contribution in [3.63, 3.8) is 0 Å². The van der Waals surface area contributed by atoms with Gasteiger partial charge in [0.05, 0.1) is 12.0 Å². The Balaban J connectivity index is 1.50. The molecule has 2 aliphatic rings. The summed E-state index contributed by atoms with van der Waals surface area (Å²) in [6.07, 6.45) is 6.10. The number of aromatic amines is 1. The first-order chi connectivity index (χ1) is 14.1. The van der Waals surface area contributed by atoms with Gasteiger partial charge in [-0.05, 0) is 31.0 Å². The fourth-order valence-corrected chi connectivity index (χ4v) is 4.21. The molecule has 2 N–H and O–H groups in total. The van der Waals surface area contributed by atoms with Gasteiger partial charge in [0.15, 0.2) is 0 Å². The Kier molecular flexibility index (Phi) is 5.31. The molecule has 29 heavy (non-hydrogen) atoms. The van der Waals surface area contributed by atoms with Gasteiger partial charge in [-0.3, -0.25) is 24.7 Å². The molecular weight excluding hydrogens is 368 g/mol. The number of hydrogen-bond donors (Lipinski definition) is 2. The molecule has 3 heterocycles. The zero-order chi connectivity index (χ0) is 20.3. The molecule has 2 amide bonds.